The van der Waals surface area contributed by atoms with Gasteiger partial charge in [-0.15, -0.1) is 0 Å². The molecule has 1 aromatic carbocycles. The summed E-state index contributed by atoms with van der Waals surface area (Å²) in [4.78, 5) is 10.5. The van der Waals surface area contributed by atoms with E-state index >= 15 is 0 Å². The van der Waals surface area contributed by atoms with Crippen molar-refractivity contribution in [1.82, 2.24) is 35.3 Å². The van der Waals surface area contributed by atoms with Crippen molar-refractivity contribution in [2.45, 2.75) is 6.54 Å². The molecule has 4 heterocycles. The molecule has 1 saturated heterocycles. The van der Waals surface area contributed by atoms with E-state index in [-0.39, 0.29) is 0 Å². The number of hydrazine groups is 1. The van der Waals surface area contributed by atoms with Crippen LogP contribution in [0.25, 0.3) is 22.6 Å². The lowest BCUT2D eigenvalue weighted by Gasteiger charge is -2.26. The van der Waals surface area contributed by atoms with Gasteiger partial charge in [-0.1, -0.05) is 6.07 Å². The molecule has 4 aromatic rings. The van der Waals surface area contributed by atoms with Gasteiger partial charge in [-0.3, -0.25) is 20.1 Å². The van der Waals surface area contributed by atoms with Crippen molar-refractivity contribution in [3.05, 3.63) is 42.2 Å². The first-order valence-electron chi connectivity index (χ1n) is 9.14. The Kier molecular flexibility index (Phi) is 4.28. The number of nitrogens with one attached hydrogen (secondary N) is 3. The minimum Gasteiger partial charge on any atom is -0.379 e. The lowest BCUT2D eigenvalue weighted by atomic mass is 10.2. The van der Waals surface area contributed by atoms with Crippen molar-refractivity contribution in [3.63, 3.8) is 0 Å². The highest BCUT2D eigenvalue weighted by molar-refractivity contribution is 5.83. The van der Waals surface area contributed by atoms with E-state index in [1.165, 1.54) is 10.6 Å². The zero-order chi connectivity index (χ0) is 18.9. The Morgan fingerprint density at radius 2 is 2.04 bits per heavy atom. The third kappa shape index (κ3) is 3.13. The molecule has 0 spiro atoms. The average molecular weight is 379 g/mol. The number of hydrogen-bond donors (Lipinski definition) is 4. The maximum atomic E-state index is 6.21. The molecular formula is C18H21N9O. The largest absolute Gasteiger partial charge is 0.379 e. The Bertz CT molecular complexity index is 1060. The lowest BCUT2D eigenvalue weighted by Crippen LogP contribution is -2.35. The monoisotopic (exact) mass is 379 g/mol. The second-order valence-corrected chi connectivity index (χ2v) is 6.77. The number of anilines is 2. The topological polar surface area (TPSA) is 128 Å². The fourth-order valence-electron chi connectivity index (χ4n) is 3.44. The molecule has 0 bridgehead atoms. The van der Waals surface area contributed by atoms with Crippen molar-refractivity contribution >= 4 is 22.5 Å². The zero-order valence-electron chi connectivity index (χ0n) is 15.2. The molecule has 0 amide bonds. The van der Waals surface area contributed by atoms with Crippen LogP contribution in [0.4, 0.5) is 11.5 Å². The number of aromatic nitrogens is 6. The molecule has 10 nitrogen and oxygen atoms in total. The molecule has 0 aliphatic carbocycles. The van der Waals surface area contributed by atoms with Crippen LogP contribution in [0.5, 0.6) is 0 Å². The number of fused-ring (bicyclic) bond motifs is 1. The Morgan fingerprint density at radius 3 is 2.86 bits per heavy atom. The Balaban J connectivity index is 1.43. The van der Waals surface area contributed by atoms with Gasteiger partial charge >= 0.3 is 0 Å². The first kappa shape index (κ1) is 16.9. The number of benzene rings is 1. The van der Waals surface area contributed by atoms with Crippen molar-refractivity contribution in [3.8, 4) is 11.5 Å². The van der Waals surface area contributed by atoms with Crippen LogP contribution >= 0.6 is 0 Å². The van der Waals surface area contributed by atoms with E-state index in [1.54, 1.807) is 18.5 Å². The summed E-state index contributed by atoms with van der Waals surface area (Å²) < 4.78 is 5.42. The fourth-order valence-corrected chi connectivity index (χ4v) is 3.44. The summed E-state index contributed by atoms with van der Waals surface area (Å²) in [5.41, 5.74) is 4.52. The molecule has 144 valence electrons. The number of H-pyrrole nitrogens is 3. The van der Waals surface area contributed by atoms with Gasteiger partial charge in [0.1, 0.15) is 17.2 Å². The minimum atomic E-state index is 0.659. The molecule has 1 fully saturated rings. The van der Waals surface area contributed by atoms with E-state index in [0.29, 0.717) is 23.0 Å². The third-order valence-electron chi connectivity index (χ3n) is 4.92. The molecule has 28 heavy (non-hydrogen) atoms. The molecule has 5 N–H and O–H groups in total. The summed E-state index contributed by atoms with van der Waals surface area (Å²) in [6.07, 6.45) is 3.30. The standard InChI is InChI=1S/C18H21N9O/c19-27(16-3-4-20-24-16)15-10-21-25-17(15)18-22-13-2-1-12(9-14(13)23-18)11-26-5-7-28-8-6-26/h1-4,9-10H,5-8,11,19H2,(H,20,24)(H,21,25)(H,22,23). The predicted molar refractivity (Wildman–Crippen MR) is 105 cm³/mol. The predicted octanol–water partition coefficient (Wildman–Crippen LogP) is 1.52. The van der Waals surface area contributed by atoms with E-state index in [4.69, 9.17) is 15.6 Å². The average Bonchev–Trinajstić information content (AvgIpc) is 3.47. The van der Waals surface area contributed by atoms with Crippen molar-refractivity contribution in [1.29, 1.82) is 0 Å². The van der Waals surface area contributed by atoms with Gasteiger partial charge in [0.25, 0.3) is 0 Å². The molecule has 0 radical (unpaired) electrons. The molecule has 1 aliphatic heterocycles. The van der Waals surface area contributed by atoms with Crippen LogP contribution in [-0.4, -0.2) is 61.6 Å². The second-order valence-electron chi connectivity index (χ2n) is 6.77. The maximum absolute atomic E-state index is 6.21. The summed E-state index contributed by atoms with van der Waals surface area (Å²) in [6.45, 7) is 4.42. The number of ether oxygens (including phenoxy) is 1. The van der Waals surface area contributed by atoms with Gasteiger partial charge in [-0.05, 0) is 17.7 Å². The van der Waals surface area contributed by atoms with Gasteiger partial charge in [0.15, 0.2) is 5.82 Å². The molecular weight excluding hydrogens is 358 g/mol. The van der Waals surface area contributed by atoms with E-state index in [1.807, 2.05) is 6.07 Å². The molecule has 0 atom stereocenters. The number of rotatable bonds is 5. The molecule has 1 aliphatic rings. The van der Waals surface area contributed by atoms with Gasteiger partial charge in [0, 0.05) is 25.7 Å². The molecule has 5 rings (SSSR count). The number of imidazole rings is 1. The van der Waals surface area contributed by atoms with Gasteiger partial charge in [0.05, 0.1) is 36.6 Å². The fraction of sp³-hybridized carbons (Fsp3) is 0.278. The van der Waals surface area contributed by atoms with Crippen LogP contribution in [-0.2, 0) is 11.3 Å². The summed E-state index contributed by atoms with van der Waals surface area (Å²) in [7, 11) is 0. The summed E-state index contributed by atoms with van der Waals surface area (Å²) in [6, 6.07) is 8.09. The van der Waals surface area contributed by atoms with Gasteiger partial charge in [-0.2, -0.15) is 10.2 Å². The van der Waals surface area contributed by atoms with Gasteiger partial charge in [-0.25, -0.2) is 10.8 Å². The van der Waals surface area contributed by atoms with Gasteiger partial charge < -0.3 is 9.72 Å². The number of morpholine rings is 1. The molecule has 0 saturated carbocycles. The maximum Gasteiger partial charge on any atom is 0.158 e. The Labute approximate surface area is 160 Å². The van der Waals surface area contributed by atoms with Crippen molar-refractivity contribution < 1.29 is 4.74 Å². The number of aromatic amines is 3. The van der Waals surface area contributed by atoms with Crippen LogP contribution in [0.2, 0.25) is 0 Å². The summed E-state index contributed by atoms with van der Waals surface area (Å²) in [5, 5.41) is 15.4. The van der Waals surface area contributed by atoms with E-state index < -0.39 is 0 Å². The van der Waals surface area contributed by atoms with Crippen LogP contribution in [0.15, 0.2) is 36.7 Å². The third-order valence-corrected chi connectivity index (χ3v) is 4.92. The van der Waals surface area contributed by atoms with E-state index in [2.05, 4.69) is 42.4 Å². The van der Waals surface area contributed by atoms with Crippen molar-refractivity contribution in [2.24, 2.45) is 5.84 Å². The first-order chi connectivity index (χ1) is 13.8. The number of nitrogens with zero attached hydrogens (tertiary/aromatic N) is 5. The lowest BCUT2D eigenvalue weighted by molar-refractivity contribution is 0.0342. The Hall–Kier alpha value is -3.21. The van der Waals surface area contributed by atoms with Gasteiger partial charge in [0.2, 0.25) is 0 Å². The van der Waals surface area contributed by atoms with Crippen LogP contribution in [0.1, 0.15) is 5.56 Å². The smallest absolute Gasteiger partial charge is 0.158 e. The minimum absolute atomic E-state index is 0.659. The number of nitrogens with two attached hydrogens (primary N) is 1. The summed E-state index contributed by atoms with van der Waals surface area (Å²) >= 11 is 0. The van der Waals surface area contributed by atoms with Crippen LogP contribution in [0.3, 0.4) is 0 Å². The summed E-state index contributed by atoms with van der Waals surface area (Å²) in [5.74, 6) is 7.55. The zero-order valence-corrected chi connectivity index (χ0v) is 15.2. The van der Waals surface area contributed by atoms with Crippen LogP contribution < -0.4 is 10.9 Å². The Morgan fingerprint density at radius 1 is 1.14 bits per heavy atom. The number of hydrogen-bond acceptors (Lipinski definition) is 7. The van der Waals surface area contributed by atoms with Crippen molar-refractivity contribution in [2.75, 3.05) is 31.3 Å². The van der Waals surface area contributed by atoms with E-state index in [0.717, 1.165) is 43.9 Å². The SMILES string of the molecule is NN(c1ccn[nH]1)c1cn[nH]c1-c1nc2ccc(CN3CCOCC3)cc2[nH]1. The van der Waals surface area contributed by atoms with Crippen LogP contribution in [0, 0.1) is 0 Å². The molecule has 0 unspecified atom stereocenters. The highest BCUT2D eigenvalue weighted by atomic mass is 16.5. The molecule has 10 heteroatoms. The second kappa shape index (κ2) is 7.08. The van der Waals surface area contributed by atoms with E-state index in [9.17, 15) is 0 Å². The molecule has 3 aromatic heterocycles. The highest BCUT2D eigenvalue weighted by Crippen LogP contribution is 2.30. The quantitative estimate of drug-likeness (QED) is 0.306. The first-order valence-corrected chi connectivity index (χ1v) is 9.14. The normalized spacial score (nSPS) is 15.3. The highest BCUT2D eigenvalue weighted by Gasteiger charge is 2.18.